The van der Waals surface area contributed by atoms with E-state index in [4.69, 9.17) is 4.43 Å². The fourth-order valence-corrected chi connectivity index (χ4v) is 1.56. The van der Waals surface area contributed by atoms with E-state index < -0.39 is 0 Å². The summed E-state index contributed by atoms with van der Waals surface area (Å²) in [6.07, 6.45) is 1.31. The molecule has 2 nitrogen and oxygen atoms in total. The molecule has 1 unspecified atom stereocenters. The molecule has 1 saturated heterocycles. The third kappa shape index (κ3) is 1.58. The minimum atomic E-state index is 0.812. The van der Waals surface area contributed by atoms with Crippen molar-refractivity contribution in [1.29, 1.82) is 0 Å². The van der Waals surface area contributed by atoms with Crippen molar-refractivity contribution >= 4 is 10.5 Å². The van der Waals surface area contributed by atoms with E-state index in [0.717, 1.165) is 23.0 Å². The second-order valence-corrected chi connectivity index (χ2v) is 2.89. The molecule has 0 spiro atoms. The zero-order chi connectivity index (χ0) is 5.82. The van der Waals surface area contributed by atoms with Crippen molar-refractivity contribution in [2.24, 2.45) is 5.92 Å². The van der Waals surface area contributed by atoms with E-state index in [1.54, 1.807) is 0 Å². The first-order valence-corrected chi connectivity index (χ1v) is 3.95. The third-order valence-corrected chi connectivity index (χ3v) is 1.90. The molecule has 0 aromatic carbocycles. The molecule has 1 rings (SSSR count). The molecule has 1 aliphatic heterocycles. The monoisotopic (exact) mass is 131 g/mol. The molecule has 0 aromatic rings. The molecule has 0 bridgehead atoms. The Hall–Kier alpha value is 0.137. The molecule has 1 heterocycles. The molecule has 48 valence electrons. The van der Waals surface area contributed by atoms with E-state index in [9.17, 15) is 0 Å². The lowest BCUT2D eigenvalue weighted by molar-refractivity contribution is 0.282. The number of hydrogen-bond donors (Lipinski definition) is 1. The standard InChI is InChI=1S/C5H13NOSi/c8-7-4-5-1-2-6-3-5/h5-6H,1-4H2,8H3. The summed E-state index contributed by atoms with van der Waals surface area (Å²) in [5, 5.41) is 3.29. The highest BCUT2D eigenvalue weighted by Gasteiger charge is 2.12. The van der Waals surface area contributed by atoms with Crippen LogP contribution >= 0.6 is 0 Å². The molecule has 1 aliphatic rings. The Morgan fingerprint density at radius 3 is 3.12 bits per heavy atom. The van der Waals surface area contributed by atoms with Gasteiger partial charge in [0.15, 0.2) is 0 Å². The maximum atomic E-state index is 5.12. The normalized spacial score (nSPS) is 29.2. The van der Waals surface area contributed by atoms with Gasteiger partial charge in [0, 0.05) is 13.2 Å². The van der Waals surface area contributed by atoms with Gasteiger partial charge in [-0.1, -0.05) is 0 Å². The van der Waals surface area contributed by atoms with Crippen LogP contribution in [0.2, 0.25) is 0 Å². The van der Waals surface area contributed by atoms with E-state index in [1.165, 1.54) is 19.5 Å². The molecule has 0 aromatic heterocycles. The van der Waals surface area contributed by atoms with Crippen LogP contribution in [0.15, 0.2) is 0 Å². The molecule has 1 atom stereocenters. The van der Waals surface area contributed by atoms with Crippen LogP contribution in [0.1, 0.15) is 6.42 Å². The predicted octanol–water partition coefficient (Wildman–Crippen LogP) is -1.11. The SMILES string of the molecule is [SiH3]OCC1CCNC1. The van der Waals surface area contributed by atoms with Crippen molar-refractivity contribution in [2.45, 2.75) is 6.42 Å². The molecule has 3 heteroatoms. The van der Waals surface area contributed by atoms with Crippen LogP contribution in [-0.4, -0.2) is 30.2 Å². The molecule has 0 aliphatic carbocycles. The average Bonchev–Trinajstić information content (AvgIpc) is 2.19. The topological polar surface area (TPSA) is 21.3 Å². The van der Waals surface area contributed by atoms with Crippen LogP contribution in [-0.2, 0) is 4.43 Å². The van der Waals surface area contributed by atoms with Gasteiger partial charge >= 0.3 is 0 Å². The Kier molecular flexibility index (Phi) is 2.52. The zero-order valence-corrected chi connectivity index (χ0v) is 7.31. The smallest absolute Gasteiger partial charge is 0.145 e. The van der Waals surface area contributed by atoms with Crippen molar-refractivity contribution in [3.63, 3.8) is 0 Å². The average molecular weight is 131 g/mol. The van der Waals surface area contributed by atoms with Gasteiger partial charge in [-0.15, -0.1) is 0 Å². The van der Waals surface area contributed by atoms with Crippen molar-refractivity contribution in [1.82, 2.24) is 5.32 Å². The zero-order valence-electron chi connectivity index (χ0n) is 5.31. The van der Waals surface area contributed by atoms with Gasteiger partial charge in [0.25, 0.3) is 0 Å². The number of hydrogen-bond acceptors (Lipinski definition) is 2. The van der Waals surface area contributed by atoms with Gasteiger partial charge in [0.1, 0.15) is 10.5 Å². The van der Waals surface area contributed by atoms with Crippen LogP contribution in [0.5, 0.6) is 0 Å². The molecule has 1 N–H and O–H groups in total. The minimum absolute atomic E-state index is 0.812. The van der Waals surface area contributed by atoms with Crippen LogP contribution in [0.25, 0.3) is 0 Å². The lowest BCUT2D eigenvalue weighted by atomic mass is 10.1. The predicted molar refractivity (Wildman–Crippen MR) is 36.9 cm³/mol. The largest absolute Gasteiger partial charge is 0.428 e. The second-order valence-electron chi connectivity index (χ2n) is 2.31. The van der Waals surface area contributed by atoms with E-state index in [2.05, 4.69) is 5.32 Å². The van der Waals surface area contributed by atoms with Crippen LogP contribution in [0.3, 0.4) is 0 Å². The van der Waals surface area contributed by atoms with Gasteiger partial charge in [-0.25, -0.2) is 0 Å². The van der Waals surface area contributed by atoms with Crippen molar-refractivity contribution in [2.75, 3.05) is 19.7 Å². The minimum Gasteiger partial charge on any atom is -0.428 e. The summed E-state index contributed by atoms with van der Waals surface area (Å²) in [4.78, 5) is 0. The van der Waals surface area contributed by atoms with E-state index in [0.29, 0.717) is 0 Å². The van der Waals surface area contributed by atoms with Crippen molar-refractivity contribution in [3.05, 3.63) is 0 Å². The number of rotatable bonds is 2. The summed E-state index contributed by atoms with van der Waals surface area (Å²) in [5.74, 6) is 0.812. The Morgan fingerprint density at radius 1 is 1.75 bits per heavy atom. The van der Waals surface area contributed by atoms with Gasteiger partial charge in [-0.2, -0.15) is 0 Å². The van der Waals surface area contributed by atoms with E-state index in [-0.39, 0.29) is 0 Å². The van der Waals surface area contributed by atoms with Crippen LogP contribution in [0, 0.1) is 5.92 Å². The summed E-state index contributed by atoms with van der Waals surface area (Å²) in [7, 11) is 0.896. The molecule has 1 fully saturated rings. The first-order valence-electron chi connectivity index (χ1n) is 3.13. The Bertz CT molecular complexity index is 63.4. The maximum absolute atomic E-state index is 5.12. The summed E-state index contributed by atoms with van der Waals surface area (Å²) >= 11 is 0. The Morgan fingerprint density at radius 2 is 2.62 bits per heavy atom. The molecule has 0 amide bonds. The third-order valence-electron chi connectivity index (χ3n) is 1.56. The number of nitrogens with one attached hydrogen (secondary N) is 1. The fraction of sp³-hybridized carbons (Fsp3) is 1.00. The molecule has 0 saturated carbocycles. The Labute approximate surface area is 53.2 Å². The summed E-state index contributed by atoms with van der Waals surface area (Å²) in [6, 6.07) is 0. The second kappa shape index (κ2) is 3.22. The highest BCUT2D eigenvalue weighted by molar-refractivity contribution is 5.97. The van der Waals surface area contributed by atoms with Crippen LogP contribution < -0.4 is 5.32 Å². The van der Waals surface area contributed by atoms with Crippen molar-refractivity contribution in [3.8, 4) is 0 Å². The first-order chi connectivity index (χ1) is 3.93. The Balaban J connectivity index is 2.06. The molecular weight excluding hydrogens is 118 g/mol. The van der Waals surface area contributed by atoms with Crippen LogP contribution in [0.4, 0.5) is 0 Å². The quantitative estimate of drug-likeness (QED) is 0.480. The molecule has 0 radical (unpaired) electrons. The first kappa shape index (κ1) is 6.26. The van der Waals surface area contributed by atoms with Gasteiger partial charge < -0.3 is 9.74 Å². The van der Waals surface area contributed by atoms with Gasteiger partial charge in [0.2, 0.25) is 0 Å². The summed E-state index contributed by atoms with van der Waals surface area (Å²) in [6.45, 7) is 3.34. The highest BCUT2D eigenvalue weighted by atomic mass is 28.2. The highest BCUT2D eigenvalue weighted by Crippen LogP contribution is 2.05. The maximum Gasteiger partial charge on any atom is 0.145 e. The van der Waals surface area contributed by atoms with Gasteiger partial charge in [0.05, 0.1) is 0 Å². The fourth-order valence-electron chi connectivity index (χ4n) is 1.09. The lowest BCUT2D eigenvalue weighted by Gasteiger charge is -2.04. The molecule has 8 heavy (non-hydrogen) atoms. The van der Waals surface area contributed by atoms with E-state index >= 15 is 0 Å². The van der Waals surface area contributed by atoms with Gasteiger partial charge in [-0.3, -0.25) is 0 Å². The van der Waals surface area contributed by atoms with Gasteiger partial charge in [-0.05, 0) is 18.9 Å². The lowest BCUT2D eigenvalue weighted by Crippen LogP contribution is -2.12. The summed E-state index contributed by atoms with van der Waals surface area (Å²) in [5.41, 5.74) is 0. The summed E-state index contributed by atoms with van der Waals surface area (Å²) < 4.78 is 5.12. The van der Waals surface area contributed by atoms with Crippen molar-refractivity contribution < 1.29 is 4.43 Å². The molecular formula is C5H13NOSi. The van der Waals surface area contributed by atoms with E-state index in [1.807, 2.05) is 0 Å².